The summed E-state index contributed by atoms with van der Waals surface area (Å²) in [4.78, 5) is 15.4. The third-order valence-corrected chi connectivity index (χ3v) is 1.88. The number of nitrogens with two attached hydrogens (primary N) is 1. The van der Waals surface area contributed by atoms with Gasteiger partial charge in [0.1, 0.15) is 0 Å². The van der Waals surface area contributed by atoms with Crippen LogP contribution in [-0.4, -0.2) is 16.4 Å². The van der Waals surface area contributed by atoms with E-state index in [9.17, 15) is 4.79 Å². The van der Waals surface area contributed by atoms with Crippen molar-refractivity contribution in [3.8, 4) is 0 Å². The summed E-state index contributed by atoms with van der Waals surface area (Å²) in [6.45, 7) is 3.22. The summed E-state index contributed by atoms with van der Waals surface area (Å²) in [6, 6.07) is 3.33. The van der Waals surface area contributed by atoms with Crippen LogP contribution in [0, 0.1) is 0 Å². The number of halogens is 1. The Balaban J connectivity index is 2.80. The molecule has 5 heteroatoms. The molecule has 0 spiro atoms. The molecule has 1 aromatic heterocycles. The lowest BCUT2D eigenvalue weighted by Gasteiger charge is -2.17. The summed E-state index contributed by atoms with van der Waals surface area (Å²) < 4.78 is 0. The van der Waals surface area contributed by atoms with Crippen molar-refractivity contribution in [2.75, 3.05) is 5.32 Å². The molecule has 1 rings (SSSR count). The fourth-order valence-corrected chi connectivity index (χ4v) is 0.915. The molecule has 0 aromatic carbocycles. The van der Waals surface area contributed by atoms with Crippen LogP contribution >= 0.6 is 11.6 Å². The number of nitrogens with zero attached hydrogens (tertiary/aromatic N) is 1. The minimum atomic E-state index is -0.944. The highest BCUT2D eigenvalue weighted by Gasteiger charge is 2.22. The Kier molecular flexibility index (Phi) is 3.08. The number of anilines is 1. The third kappa shape index (κ3) is 2.68. The second kappa shape index (κ2) is 3.94. The minimum Gasteiger partial charge on any atom is -0.318 e. The van der Waals surface area contributed by atoms with Gasteiger partial charge in [-0.25, -0.2) is 4.98 Å². The quantitative estimate of drug-likeness (QED) is 0.781. The monoisotopic (exact) mass is 213 g/mol. The first kappa shape index (κ1) is 10.9. The van der Waals surface area contributed by atoms with Gasteiger partial charge in [-0.3, -0.25) is 4.79 Å². The van der Waals surface area contributed by atoms with Crippen LogP contribution in [0.25, 0.3) is 0 Å². The van der Waals surface area contributed by atoms with E-state index in [0.717, 1.165) is 0 Å². The average molecular weight is 214 g/mol. The molecular weight excluding hydrogens is 202 g/mol. The van der Waals surface area contributed by atoms with E-state index in [-0.39, 0.29) is 5.91 Å². The molecule has 4 nitrogen and oxygen atoms in total. The smallest absolute Gasteiger partial charge is 0.245 e. The Labute approximate surface area is 87.5 Å². The van der Waals surface area contributed by atoms with E-state index in [1.807, 2.05) is 0 Å². The van der Waals surface area contributed by atoms with Crippen molar-refractivity contribution in [1.29, 1.82) is 0 Å². The molecule has 0 aliphatic rings. The first-order valence-corrected chi connectivity index (χ1v) is 4.50. The van der Waals surface area contributed by atoms with Crippen molar-refractivity contribution < 1.29 is 4.79 Å². The van der Waals surface area contributed by atoms with Crippen LogP contribution in [0.3, 0.4) is 0 Å². The summed E-state index contributed by atoms with van der Waals surface area (Å²) in [5, 5.41) is 2.94. The Morgan fingerprint density at radius 2 is 2.29 bits per heavy atom. The van der Waals surface area contributed by atoms with Gasteiger partial charge in [-0.15, -0.1) is 0 Å². The Bertz CT molecular complexity index is 346. The summed E-state index contributed by atoms with van der Waals surface area (Å²) in [5.41, 5.74) is 4.65. The van der Waals surface area contributed by atoms with E-state index in [0.29, 0.717) is 10.8 Å². The molecule has 0 saturated carbocycles. The lowest BCUT2D eigenvalue weighted by atomic mass is 10.1. The third-order valence-electron chi connectivity index (χ3n) is 1.58. The van der Waals surface area contributed by atoms with Gasteiger partial charge in [0.15, 0.2) is 5.82 Å². The lowest BCUT2D eigenvalue weighted by Crippen LogP contribution is -2.45. The average Bonchev–Trinajstić information content (AvgIpc) is 2.07. The predicted octanol–water partition coefficient (Wildman–Crippen LogP) is 1.41. The highest BCUT2D eigenvalue weighted by molar-refractivity contribution is 6.33. The number of amides is 1. The molecule has 1 heterocycles. The molecule has 1 amide bonds. The zero-order valence-corrected chi connectivity index (χ0v) is 8.80. The minimum absolute atomic E-state index is 0.321. The number of pyridine rings is 1. The summed E-state index contributed by atoms with van der Waals surface area (Å²) in [5.74, 6) is 0.00999. The van der Waals surface area contributed by atoms with E-state index >= 15 is 0 Å². The van der Waals surface area contributed by atoms with Gasteiger partial charge in [0.25, 0.3) is 0 Å². The summed E-state index contributed by atoms with van der Waals surface area (Å²) >= 11 is 5.80. The van der Waals surface area contributed by atoms with Gasteiger partial charge in [-0.1, -0.05) is 11.6 Å². The standard InChI is InChI=1S/C9H12ClN3O/c1-9(2,11)8(14)13-7-6(10)4-3-5-12-7/h3-5H,11H2,1-2H3,(H,12,13,14). The van der Waals surface area contributed by atoms with Crippen LogP contribution in [0.2, 0.25) is 5.02 Å². The number of carbonyl (C=O) groups is 1. The van der Waals surface area contributed by atoms with Gasteiger partial charge in [-0.2, -0.15) is 0 Å². The summed E-state index contributed by atoms with van der Waals surface area (Å²) in [7, 11) is 0. The molecule has 14 heavy (non-hydrogen) atoms. The van der Waals surface area contributed by atoms with Gasteiger partial charge in [0.2, 0.25) is 5.91 Å². The topological polar surface area (TPSA) is 68.0 Å². The summed E-state index contributed by atoms with van der Waals surface area (Å²) in [6.07, 6.45) is 1.55. The Hall–Kier alpha value is -1.13. The maximum absolute atomic E-state index is 11.5. The van der Waals surface area contributed by atoms with Crippen LogP contribution in [0.15, 0.2) is 18.3 Å². The van der Waals surface area contributed by atoms with Crippen LogP contribution in [0.1, 0.15) is 13.8 Å². The van der Waals surface area contributed by atoms with E-state index in [1.54, 1.807) is 32.2 Å². The maximum Gasteiger partial charge on any atom is 0.245 e. The van der Waals surface area contributed by atoms with Gasteiger partial charge < -0.3 is 11.1 Å². The fourth-order valence-electron chi connectivity index (χ4n) is 0.746. The molecule has 1 aromatic rings. The number of nitrogens with one attached hydrogen (secondary N) is 1. The highest BCUT2D eigenvalue weighted by atomic mass is 35.5. The van der Waals surface area contributed by atoms with Crippen molar-refractivity contribution in [1.82, 2.24) is 4.98 Å². The van der Waals surface area contributed by atoms with Crippen LogP contribution < -0.4 is 11.1 Å². The largest absolute Gasteiger partial charge is 0.318 e. The first-order chi connectivity index (χ1) is 6.41. The molecule has 0 unspecified atom stereocenters. The fraction of sp³-hybridized carbons (Fsp3) is 0.333. The first-order valence-electron chi connectivity index (χ1n) is 4.12. The predicted molar refractivity (Wildman–Crippen MR) is 56.1 cm³/mol. The van der Waals surface area contributed by atoms with Crippen molar-refractivity contribution in [3.63, 3.8) is 0 Å². The van der Waals surface area contributed by atoms with Crippen molar-refractivity contribution in [2.45, 2.75) is 19.4 Å². The van der Waals surface area contributed by atoms with Gasteiger partial charge in [0.05, 0.1) is 10.6 Å². The molecular formula is C9H12ClN3O. The van der Waals surface area contributed by atoms with Gasteiger partial charge >= 0.3 is 0 Å². The van der Waals surface area contributed by atoms with E-state index < -0.39 is 5.54 Å². The molecule has 0 radical (unpaired) electrons. The second-order valence-electron chi connectivity index (χ2n) is 3.51. The second-order valence-corrected chi connectivity index (χ2v) is 3.92. The van der Waals surface area contributed by atoms with Crippen LogP contribution in [0.4, 0.5) is 5.82 Å². The molecule has 0 aliphatic carbocycles. The van der Waals surface area contributed by atoms with E-state index in [1.165, 1.54) is 0 Å². The van der Waals surface area contributed by atoms with Crippen LogP contribution in [-0.2, 0) is 4.79 Å². The SMILES string of the molecule is CC(C)(N)C(=O)Nc1ncccc1Cl. The molecule has 76 valence electrons. The van der Waals surface area contributed by atoms with Crippen molar-refractivity contribution >= 4 is 23.3 Å². The molecule has 0 aliphatic heterocycles. The molecule has 0 atom stereocenters. The zero-order valence-electron chi connectivity index (χ0n) is 8.04. The van der Waals surface area contributed by atoms with E-state index in [2.05, 4.69) is 10.3 Å². The number of hydrogen-bond acceptors (Lipinski definition) is 3. The number of rotatable bonds is 2. The Morgan fingerprint density at radius 3 is 2.79 bits per heavy atom. The highest BCUT2D eigenvalue weighted by Crippen LogP contribution is 2.18. The molecule has 0 saturated heterocycles. The van der Waals surface area contributed by atoms with E-state index in [4.69, 9.17) is 17.3 Å². The normalized spacial score (nSPS) is 11.1. The lowest BCUT2D eigenvalue weighted by molar-refractivity contribution is -0.120. The van der Waals surface area contributed by atoms with Crippen molar-refractivity contribution in [2.24, 2.45) is 5.73 Å². The number of aromatic nitrogens is 1. The van der Waals surface area contributed by atoms with Crippen LogP contribution in [0.5, 0.6) is 0 Å². The molecule has 0 bridgehead atoms. The molecule has 3 N–H and O–H groups in total. The number of carbonyl (C=O) groups excluding carboxylic acids is 1. The number of hydrogen-bond donors (Lipinski definition) is 2. The van der Waals surface area contributed by atoms with Gasteiger partial charge in [-0.05, 0) is 26.0 Å². The van der Waals surface area contributed by atoms with Crippen molar-refractivity contribution in [3.05, 3.63) is 23.4 Å². The van der Waals surface area contributed by atoms with Gasteiger partial charge in [0, 0.05) is 6.20 Å². The Morgan fingerprint density at radius 1 is 1.64 bits per heavy atom. The zero-order chi connectivity index (χ0) is 10.8. The maximum atomic E-state index is 11.5. The molecule has 0 fully saturated rings.